The zero-order valence-electron chi connectivity index (χ0n) is 15.2. The minimum absolute atomic E-state index is 0.142. The highest BCUT2D eigenvalue weighted by Gasteiger charge is 2.14. The van der Waals surface area contributed by atoms with Crippen molar-refractivity contribution in [3.05, 3.63) is 82.3 Å². The molecule has 0 radical (unpaired) electrons. The summed E-state index contributed by atoms with van der Waals surface area (Å²) < 4.78 is 27.3. The van der Waals surface area contributed by atoms with Gasteiger partial charge >= 0.3 is 0 Å². The molecule has 0 aliphatic rings. The molecule has 0 saturated carbocycles. The number of amides is 1. The Labute approximate surface area is 168 Å². The number of aromatic nitrogens is 1. The average molecular weight is 416 g/mol. The van der Waals surface area contributed by atoms with E-state index in [4.69, 9.17) is 0 Å². The Morgan fingerprint density at radius 3 is 2.46 bits per heavy atom. The van der Waals surface area contributed by atoms with Crippen LogP contribution in [-0.2, 0) is 22.9 Å². The van der Waals surface area contributed by atoms with E-state index in [1.165, 1.54) is 24.3 Å². The SMILES string of the molecule is O=C(NCCc1ccccn1)c1ccc(S(=O)(=O)NCCc2cccs2)cc1. The molecule has 8 heteroatoms. The smallest absolute Gasteiger partial charge is 0.251 e. The summed E-state index contributed by atoms with van der Waals surface area (Å²) in [5, 5.41) is 4.77. The molecule has 6 nitrogen and oxygen atoms in total. The third-order valence-corrected chi connectivity index (χ3v) is 6.48. The third kappa shape index (κ3) is 5.72. The van der Waals surface area contributed by atoms with Gasteiger partial charge in [-0.05, 0) is 54.3 Å². The first-order valence-electron chi connectivity index (χ1n) is 8.85. The number of benzene rings is 1. The van der Waals surface area contributed by atoms with Gasteiger partial charge in [0.1, 0.15) is 0 Å². The highest BCUT2D eigenvalue weighted by molar-refractivity contribution is 7.89. The predicted molar refractivity (Wildman–Crippen MR) is 110 cm³/mol. The Hall–Kier alpha value is -2.55. The van der Waals surface area contributed by atoms with E-state index in [1.54, 1.807) is 17.5 Å². The van der Waals surface area contributed by atoms with Crippen LogP contribution in [0.4, 0.5) is 0 Å². The summed E-state index contributed by atoms with van der Waals surface area (Å²) in [5.74, 6) is -0.245. The van der Waals surface area contributed by atoms with Crippen LogP contribution in [0.5, 0.6) is 0 Å². The van der Waals surface area contributed by atoms with E-state index in [9.17, 15) is 13.2 Å². The van der Waals surface area contributed by atoms with E-state index in [1.807, 2.05) is 35.7 Å². The molecule has 0 bridgehead atoms. The van der Waals surface area contributed by atoms with Crippen molar-refractivity contribution >= 4 is 27.3 Å². The fourth-order valence-electron chi connectivity index (χ4n) is 2.58. The maximum absolute atomic E-state index is 12.4. The van der Waals surface area contributed by atoms with Gasteiger partial charge in [-0.3, -0.25) is 9.78 Å². The predicted octanol–water partition coefficient (Wildman–Crippen LogP) is 2.64. The van der Waals surface area contributed by atoms with E-state index < -0.39 is 10.0 Å². The maximum Gasteiger partial charge on any atom is 0.251 e. The zero-order valence-corrected chi connectivity index (χ0v) is 16.8. The molecular weight excluding hydrogens is 394 g/mol. The van der Waals surface area contributed by atoms with Crippen LogP contribution in [0, 0.1) is 0 Å². The second kappa shape index (κ2) is 9.59. The average Bonchev–Trinajstić information content (AvgIpc) is 3.22. The molecule has 2 N–H and O–H groups in total. The first-order chi connectivity index (χ1) is 13.5. The Kier molecular flexibility index (Phi) is 6.91. The quantitative estimate of drug-likeness (QED) is 0.562. The van der Waals surface area contributed by atoms with Gasteiger partial charge in [0.15, 0.2) is 0 Å². The van der Waals surface area contributed by atoms with Crippen molar-refractivity contribution in [2.24, 2.45) is 0 Å². The lowest BCUT2D eigenvalue weighted by Crippen LogP contribution is -2.27. The van der Waals surface area contributed by atoms with Crippen molar-refractivity contribution in [3.63, 3.8) is 0 Å². The van der Waals surface area contributed by atoms with Crippen molar-refractivity contribution < 1.29 is 13.2 Å². The molecule has 0 aliphatic carbocycles. The van der Waals surface area contributed by atoms with Crippen LogP contribution >= 0.6 is 11.3 Å². The summed E-state index contributed by atoms with van der Waals surface area (Å²) in [5.41, 5.74) is 1.32. The molecule has 3 aromatic rings. The molecule has 0 aliphatic heterocycles. The van der Waals surface area contributed by atoms with Gasteiger partial charge in [-0.15, -0.1) is 11.3 Å². The summed E-state index contributed by atoms with van der Waals surface area (Å²) in [6, 6.07) is 15.5. The van der Waals surface area contributed by atoms with Crippen LogP contribution in [0.3, 0.4) is 0 Å². The molecule has 146 valence electrons. The number of hydrogen-bond acceptors (Lipinski definition) is 5. The fraction of sp³-hybridized carbons (Fsp3) is 0.200. The van der Waals surface area contributed by atoms with E-state index in [0.29, 0.717) is 31.5 Å². The maximum atomic E-state index is 12.4. The molecule has 28 heavy (non-hydrogen) atoms. The molecule has 0 saturated heterocycles. The van der Waals surface area contributed by atoms with Crippen molar-refractivity contribution in [2.45, 2.75) is 17.7 Å². The number of thiophene rings is 1. The minimum Gasteiger partial charge on any atom is -0.352 e. The Bertz CT molecular complexity index is 987. The standard InChI is InChI=1S/C20H21N3O3S2/c24-20(22-13-10-17-4-1-2-12-21-17)16-6-8-19(9-7-16)28(25,26)23-14-11-18-5-3-15-27-18/h1-9,12,15,23H,10-11,13-14H2,(H,22,24). The molecule has 0 spiro atoms. The fourth-order valence-corrected chi connectivity index (χ4v) is 4.33. The number of rotatable bonds is 9. The van der Waals surface area contributed by atoms with Crippen molar-refractivity contribution in [2.75, 3.05) is 13.1 Å². The van der Waals surface area contributed by atoms with Gasteiger partial charge in [0, 0.05) is 41.8 Å². The lowest BCUT2D eigenvalue weighted by Gasteiger charge is -2.08. The number of carbonyl (C=O) groups is 1. The van der Waals surface area contributed by atoms with E-state index >= 15 is 0 Å². The number of carbonyl (C=O) groups excluding carboxylic acids is 1. The number of nitrogens with zero attached hydrogens (tertiary/aromatic N) is 1. The first kappa shape index (κ1) is 20.2. The van der Waals surface area contributed by atoms with Gasteiger partial charge in [-0.1, -0.05) is 12.1 Å². The topological polar surface area (TPSA) is 88.2 Å². The Morgan fingerprint density at radius 1 is 0.964 bits per heavy atom. The highest BCUT2D eigenvalue weighted by atomic mass is 32.2. The second-order valence-corrected chi connectivity index (χ2v) is 8.88. The van der Waals surface area contributed by atoms with Gasteiger partial charge in [0.2, 0.25) is 10.0 Å². The van der Waals surface area contributed by atoms with Gasteiger partial charge in [0.05, 0.1) is 4.90 Å². The van der Waals surface area contributed by atoms with Crippen LogP contribution < -0.4 is 10.0 Å². The molecule has 1 aromatic carbocycles. The molecular formula is C20H21N3O3S2. The van der Waals surface area contributed by atoms with Gasteiger partial charge in [-0.25, -0.2) is 13.1 Å². The monoisotopic (exact) mass is 415 g/mol. The van der Waals surface area contributed by atoms with E-state index in [0.717, 1.165) is 10.6 Å². The lowest BCUT2D eigenvalue weighted by atomic mass is 10.2. The largest absolute Gasteiger partial charge is 0.352 e. The molecule has 1 amide bonds. The summed E-state index contributed by atoms with van der Waals surface area (Å²) in [4.78, 5) is 17.7. The first-order valence-corrected chi connectivity index (χ1v) is 11.2. The van der Waals surface area contributed by atoms with Crippen LogP contribution in [-0.4, -0.2) is 32.4 Å². The van der Waals surface area contributed by atoms with Gasteiger partial charge in [0.25, 0.3) is 5.91 Å². The van der Waals surface area contributed by atoms with Crippen molar-refractivity contribution in [1.82, 2.24) is 15.0 Å². The van der Waals surface area contributed by atoms with Crippen LogP contribution in [0.25, 0.3) is 0 Å². The second-order valence-electron chi connectivity index (χ2n) is 6.08. The molecule has 3 rings (SSSR count). The van der Waals surface area contributed by atoms with E-state index in [2.05, 4.69) is 15.0 Å². The number of nitrogens with one attached hydrogen (secondary N) is 2. The summed E-state index contributed by atoms with van der Waals surface area (Å²) in [6.07, 6.45) is 2.99. The number of pyridine rings is 1. The van der Waals surface area contributed by atoms with Gasteiger partial charge in [-0.2, -0.15) is 0 Å². The molecule has 0 fully saturated rings. The Morgan fingerprint density at radius 2 is 1.79 bits per heavy atom. The molecule has 2 heterocycles. The van der Waals surface area contributed by atoms with E-state index in [-0.39, 0.29) is 10.8 Å². The van der Waals surface area contributed by atoms with Crippen LogP contribution in [0.15, 0.2) is 71.1 Å². The summed E-state index contributed by atoms with van der Waals surface area (Å²) in [7, 11) is -3.59. The van der Waals surface area contributed by atoms with Crippen LogP contribution in [0.1, 0.15) is 20.9 Å². The Balaban J connectivity index is 1.50. The van der Waals surface area contributed by atoms with Gasteiger partial charge < -0.3 is 5.32 Å². The molecule has 2 aromatic heterocycles. The molecule has 0 unspecified atom stereocenters. The molecule has 0 atom stereocenters. The number of hydrogen-bond donors (Lipinski definition) is 2. The van der Waals surface area contributed by atoms with Crippen LogP contribution in [0.2, 0.25) is 0 Å². The summed E-state index contributed by atoms with van der Waals surface area (Å²) >= 11 is 1.60. The van der Waals surface area contributed by atoms with Crippen molar-refractivity contribution in [1.29, 1.82) is 0 Å². The number of sulfonamides is 1. The minimum atomic E-state index is -3.59. The third-order valence-electron chi connectivity index (χ3n) is 4.06. The lowest BCUT2D eigenvalue weighted by molar-refractivity contribution is 0.0954. The normalized spacial score (nSPS) is 11.3. The summed E-state index contributed by atoms with van der Waals surface area (Å²) in [6.45, 7) is 0.790. The van der Waals surface area contributed by atoms with Crippen molar-refractivity contribution in [3.8, 4) is 0 Å². The zero-order chi connectivity index (χ0) is 19.8. The highest BCUT2D eigenvalue weighted by Crippen LogP contribution is 2.12.